The lowest BCUT2D eigenvalue weighted by Gasteiger charge is -2.20. The molecule has 1 aromatic carbocycles. The van der Waals surface area contributed by atoms with Gasteiger partial charge in [0.2, 0.25) is 5.91 Å². The van der Waals surface area contributed by atoms with Crippen LogP contribution in [0.3, 0.4) is 0 Å². The van der Waals surface area contributed by atoms with Crippen molar-refractivity contribution in [3.63, 3.8) is 0 Å². The number of hydrogen-bond donors (Lipinski definition) is 1. The second-order valence-corrected chi connectivity index (χ2v) is 8.58. The summed E-state index contributed by atoms with van der Waals surface area (Å²) in [6.45, 7) is 4.12. The number of thioether (sulfide) groups is 1. The van der Waals surface area contributed by atoms with E-state index in [0.29, 0.717) is 5.75 Å². The van der Waals surface area contributed by atoms with E-state index in [-0.39, 0.29) is 5.91 Å². The second kappa shape index (κ2) is 9.40. The predicted molar refractivity (Wildman–Crippen MR) is 111 cm³/mol. The Morgan fingerprint density at radius 1 is 1.19 bits per heavy atom. The van der Waals surface area contributed by atoms with Crippen molar-refractivity contribution < 1.29 is 4.79 Å². The standard InChI is InChI=1S/C21H30N4OS/c1-15-9-11-18(13-16(15)2)22-20(26)14-27-21-24-23-19(25(21)3)12-10-17-7-5-4-6-8-17/h9,11,13,17H,4-8,10,12,14H2,1-3H3,(H,22,26). The number of nitrogens with zero attached hydrogens (tertiary/aromatic N) is 3. The summed E-state index contributed by atoms with van der Waals surface area (Å²) >= 11 is 1.44. The van der Waals surface area contributed by atoms with Gasteiger partial charge in [0.25, 0.3) is 0 Å². The number of hydrogen-bond acceptors (Lipinski definition) is 4. The molecule has 27 heavy (non-hydrogen) atoms. The molecule has 0 radical (unpaired) electrons. The van der Waals surface area contributed by atoms with E-state index in [4.69, 9.17) is 0 Å². The third-order valence-corrected chi connectivity index (χ3v) is 6.57. The fourth-order valence-corrected chi connectivity index (χ4v) is 4.37. The maximum absolute atomic E-state index is 12.2. The van der Waals surface area contributed by atoms with Gasteiger partial charge in [0.05, 0.1) is 5.75 Å². The molecule has 0 atom stereocenters. The van der Waals surface area contributed by atoms with Gasteiger partial charge in [-0.1, -0.05) is 49.9 Å². The predicted octanol–water partition coefficient (Wildman–Crippen LogP) is 4.68. The van der Waals surface area contributed by atoms with Crippen LogP contribution in [-0.2, 0) is 18.3 Å². The van der Waals surface area contributed by atoms with Gasteiger partial charge in [0.1, 0.15) is 5.82 Å². The average Bonchev–Trinajstić information content (AvgIpc) is 3.02. The van der Waals surface area contributed by atoms with Crippen LogP contribution >= 0.6 is 11.8 Å². The van der Waals surface area contributed by atoms with E-state index in [9.17, 15) is 4.79 Å². The SMILES string of the molecule is Cc1ccc(NC(=O)CSc2nnc(CCC3CCCCC3)n2C)cc1C. The lowest BCUT2D eigenvalue weighted by atomic mass is 9.86. The number of aryl methyl sites for hydroxylation is 3. The Labute approximate surface area is 166 Å². The monoisotopic (exact) mass is 386 g/mol. The molecule has 146 valence electrons. The quantitative estimate of drug-likeness (QED) is 0.702. The Hall–Kier alpha value is -1.82. The molecular weight excluding hydrogens is 356 g/mol. The van der Waals surface area contributed by atoms with Crippen molar-refractivity contribution in [3.8, 4) is 0 Å². The van der Waals surface area contributed by atoms with Gasteiger partial charge in [0, 0.05) is 19.2 Å². The molecule has 0 aliphatic heterocycles. The molecule has 0 bridgehead atoms. The minimum atomic E-state index is -0.0185. The molecule has 1 fully saturated rings. The van der Waals surface area contributed by atoms with Crippen molar-refractivity contribution in [1.29, 1.82) is 0 Å². The van der Waals surface area contributed by atoms with E-state index in [1.54, 1.807) is 0 Å². The lowest BCUT2D eigenvalue weighted by molar-refractivity contribution is -0.113. The van der Waals surface area contributed by atoms with Crippen molar-refractivity contribution in [2.24, 2.45) is 13.0 Å². The van der Waals surface area contributed by atoms with Crippen LogP contribution in [-0.4, -0.2) is 26.4 Å². The summed E-state index contributed by atoms with van der Waals surface area (Å²) in [7, 11) is 2.00. The van der Waals surface area contributed by atoms with Crippen molar-refractivity contribution in [3.05, 3.63) is 35.2 Å². The smallest absolute Gasteiger partial charge is 0.234 e. The van der Waals surface area contributed by atoms with Crippen LogP contribution in [0.4, 0.5) is 5.69 Å². The van der Waals surface area contributed by atoms with Crippen LogP contribution in [0, 0.1) is 19.8 Å². The van der Waals surface area contributed by atoms with E-state index in [1.807, 2.05) is 36.7 Å². The molecule has 6 heteroatoms. The van der Waals surface area contributed by atoms with Crippen molar-refractivity contribution in [2.75, 3.05) is 11.1 Å². The number of rotatable bonds is 7. The molecule has 1 heterocycles. The van der Waals surface area contributed by atoms with E-state index in [0.717, 1.165) is 29.0 Å². The zero-order valence-corrected chi connectivity index (χ0v) is 17.4. The number of carbonyl (C=O) groups excluding carboxylic acids is 1. The summed E-state index contributed by atoms with van der Waals surface area (Å²) in [5, 5.41) is 12.4. The van der Waals surface area contributed by atoms with Crippen LogP contribution in [0.2, 0.25) is 0 Å². The topological polar surface area (TPSA) is 59.8 Å². The van der Waals surface area contributed by atoms with Crippen LogP contribution in [0.25, 0.3) is 0 Å². The summed E-state index contributed by atoms with van der Waals surface area (Å²) in [4.78, 5) is 12.2. The van der Waals surface area contributed by atoms with Gasteiger partial charge >= 0.3 is 0 Å². The number of aromatic nitrogens is 3. The summed E-state index contributed by atoms with van der Waals surface area (Å²) < 4.78 is 2.04. The Kier molecular flexibility index (Phi) is 6.94. The van der Waals surface area contributed by atoms with Gasteiger partial charge in [-0.25, -0.2) is 0 Å². The number of benzene rings is 1. The maximum atomic E-state index is 12.2. The van der Waals surface area contributed by atoms with Gasteiger partial charge < -0.3 is 9.88 Å². The first-order valence-corrected chi connectivity index (χ1v) is 10.9. The Morgan fingerprint density at radius 2 is 1.96 bits per heavy atom. The fraction of sp³-hybridized carbons (Fsp3) is 0.571. The largest absolute Gasteiger partial charge is 0.325 e. The molecule has 3 rings (SSSR count). The van der Waals surface area contributed by atoms with Crippen molar-refractivity contribution >= 4 is 23.4 Å². The lowest BCUT2D eigenvalue weighted by Crippen LogP contribution is -2.14. The summed E-state index contributed by atoms with van der Waals surface area (Å²) in [6, 6.07) is 5.97. The first kappa shape index (κ1) is 19.9. The van der Waals surface area contributed by atoms with E-state index in [1.165, 1.54) is 61.4 Å². The molecule has 1 aromatic heterocycles. The van der Waals surface area contributed by atoms with Gasteiger partial charge in [-0.3, -0.25) is 4.79 Å². The molecule has 5 nitrogen and oxygen atoms in total. The van der Waals surface area contributed by atoms with Crippen LogP contribution in [0.5, 0.6) is 0 Å². The first-order valence-electron chi connectivity index (χ1n) is 9.91. The zero-order valence-electron chi connectivity index (χ0n) is 16.6. The highest BCUT2D eigenvalue weighted by Gasteiger charge is 2.16. The number of nitrogens with one attached hydrogen (secondary N) is 1. The van der Waals surface area contributed by atoms with Gasteiger partial charge in [-0.15, -0.1) is 10.2 Å². The first-order chi connectivity index (χ1) is 13.0. The van der Waals surface area contributed by atoms with Crippen molar-refractivity contribution in [2.45, 2.75) is 63.9 Å². The van der Waals surface area contributed by atoms with Gasteiger partial charge in [0.15, 0.2) is 5.16 Å². The van der Waals surface area contributed by atoms with Crippen LogP contribution in [0.1, 0.15) is 55.5 Å². The molecule has 1 amide bonds. The molecular formula is C21H30N4OS. The highest BCUT2D eigenvalue weighted by molar-refractivity contribution is 7.99. The van der Waals surface area contributed by atoms with Crippen molar-refractivity contribution in [1.82, 2.24) is 14.8 Å². The third kappa shape index (κ3) is 5.58. The number of carbonyl (C=O) groups is 1. The summed E-state index contributed by atoms with van der Waals surface area (Å²) in [5.41, 5.74) is 3.24. The Morgan fingerprint density at radius 3 is 2.70 bits per heavy atom. The highest BCUT2D eigenvalue weighted by atomic mass is 32.2. The highest BCUT2D eigenvalue weighted by Crippen LogP contribution is 2.27. The number of anilines is 1. The summed E-state index contributed by atoms with van der Waals surface area (Å²) in [5.74, 6) is 2.18. The molecule has 1 saturated carbocycles. The molecule has 1 N–H and O–H groups in total. The van der Waals surface area contributed by atoms with Gasteiger partial charge in [-0.2, -0.15) is 0 Å². The molecule has 0 unspecified atom stereocenters. The van der Waals surface area contributed by atoms with Gasteiger partial charge in [-0.05, 0) is 49.4 Å². The summed E-state index contributed by atoms with van der Waals surface area (Å²) in [6.07, 6.45) is 9.04. The fourth-order valence-electron chi connectivity index (χ4n) is 3.64. The normalized spacial score (nSPS) is 15.1. The molecule has 0 saturated heterocycles. The Balaban J connectivity index is 1.48. The molecule has 2 aromatic rings. The minimum Gasteiger partial charge on any atom is -0.325 e. The van der Waals surface area contributed by atoms with E-state index < -0.39 is 0 Å². The number of amides is 1. The van der Waals surface area contributed by atoms with Crippen LogP contribution < -0.4 is 5.32 Å². The molecule has 1 aliphatic carbocycles. The zero-order chi connectivity index (χ0) is 19.2. The van der Waals surface area contributed by atoms with Crippen LogP contribution in [0.15, 0.2) is 23.4 Å². The minimum absolute atomic E-state index is 0.0185. The average molecular weight is 387 g/mol. The Bertz CT molecular complexity index is 780. The second-order valence-electron chi connectivity index (χ2n) is 7.64. The maximum Gasteiger partial charge on any atom is 0.234 e. The van der Waals surface area contributed by atoms with E-state index >= 15 is 0 Å². The molecule has 0 spiro atoms. The third-order valence-electron chi connectivity index (χ3n) is 5.55. The molecule has 1 aliphatic rings. The van der Waals surface area contributed by atoms with E-state index in [2.05, 4.69) is 22.4 Å².